The van der Waals surface area contributed by atoms with E-state index in [4.69, 9.17) is 46.4 Å². The maximum atomic E-state index is 13.3. The molecular weight excluding hydrogens is 854 g/mol. The van der Waals surface area contributed by atoms with Crippen LogP contribution in [0.2, 0.25) is 20.1 Å². The second kappa shape index (κ2) is 18.2. The molecule has 4 aromatic carbocycles. The van der Waals surface area contributed by atoms with Crippen LogP contribution in [0, 0.1) is 32.1 Å². The van der Waals surface area contributed by atoms with Crippen molar-refractivity contribution in [1.82, 2.24) is 0 Å². The quantitative estimate of drug-likeness (QED) is 0.128. The molecule has 0 bridgehead atoms. The monoisotopic (exact) mass is 894 g/mol. The molecule has 0 saturated carbocycles. The number of sulfonamides is 2. The summed E-state index contributed by atoms with van der Waals surface area (Å²) < 4.78 is 57.3. The summed E-state index contributed by atoms with van der Waals surface area (Å²) in [7, 11) is -8.29. The van der Waals surface area contributed by atoms with Gasteiger partial charge in [-0.1, -0.05) is 58.5 Å². The van der Waals surface area contributed by atoms with E-state index in [1.165, 1.54) is 31.2 Å². The lowest BCUT2D eigenvalue weighted by Gasteiger charge is -2.30. The Morgan fingerprint density at radius 1 is 0.737 bits per heavy atom. The number of phenols is 1. The molecule has 0 aliphatic carbocycles. The van der Waals surface area contributed by atoms with E-state index in [1.807, 2.05) is 26.8 Å². The van der Waals surface area contributed by atoms with Crippen LogP contribution in [0.1, 0.15) is 61.3 Å². The number of hydrogen-bond acceptors (Lipinski definition) is 9. The predicted molar refractivity (Wildman–Crippen MR) is 230 cm³/mol. The van der Waals surface area contributed by atoms with E-state index in [1.54, 1.807) is 12.1 Å². The lowest BCUT2D eigenvalue weighted by Crippen LogP contribution is -2.30. The van der Waals surface area contributed by atoms with Gasteiger partial charge in [-0.25, -0.2) is 16.8 Å². The second-order valence-electron chi connectivity index (χ2n) is 13.8. The van der Waals surface area contributed by atoms with Gasteiger partial charge in [-0.2, -0.15) is 5.26 Å². The molecule has 0 radical (unpaired) electrons. The number of rotatable bonds is 9. The zero-order chi connectivity index (χ0) is 41.8. The molecule has 0 unspecified atom stereocenters. The zero-order valence-corrected chi connectivity index (χ0v) is 36.3. The van der Waals surface area contributed by atoms with Crippen LogP contribution in [0.3, 0.4) is 0 Å². The number of aromatic hydroxyl groups is 1. The van der Waals surface area contributed by atoms with Gasteiger partial charge in [0, 0.05) is 48.8 Å². The summed E-state index contributed by atoms with van der Waals surface area (Å²) in [5.74, 6) is -1.03. The fourth-order valence-electron chi connectivity index (χ4n) is 7.10. The first-order valence-corrected chi connectivity index (χ1v) is 22.5. The van der Waals surface area contributed by atoms with Crippen molar-refractivity contribution in [3.8, 4) is 11.8 Å². The van der Waals surface area contributed by atoms with Gasteiger partial charge >= 0.3 is 0 Å². The van der Waals surface area contributed by atoms with Gasteiger partial charge in [0.05, 0.1) is 38.4 Å². The highest BCUT2D eigenvalue weighted by Crippen LogP contribution is 2.40. The molecule has 2 saturated heterocycles. The number of nitrogens with one attached hydrogen (secondary N) is 3. The van der Waals surface area contributed by atoms with Gasteiger partial charge < -0.3 is 20.2 Å². The van der Waals surface area contributed by atoms with Crippen molar-refractivity contribution in [2.24, 2.45) is 0 Å². The molecule has 2 aliphatic rings. The van der Waals surface area contributed by atoms with Crippen LogP contribution in [0.5, 0.6) is 5.75 Å². The summed E-state index contributed by atoms with van der Waals surface area (Å²) in [5.41, 5.74) is 5.42. The van der Waals surface area contributed by atoms with Crippen LogP contribution >= 0.6 is 46.4 Å². The summed E-state index contributed by atoms with van der Waals surface area (Å²) in [6.07, 6.45) is 5.43. The fourth-order valence-corrected chi connectivity index (χ4v) is 11.0. The first kappa shape index (κ1) is 44.0. The number of benzene rings is 4. The lowest BCUT2D eigenvalue weighted by atomic mass is 10.0. The molecule has 0 atom stereocenters. The fraction of sp³-hybridized carbons (Fsp3) is 0.333. The maximum absolute atomic E-state index is 13.3. The van der Waals surface area contributed by atoms with Crippen molar-refractivity contribution in [2.75, 3.05) is 50.7 Å². The number of hydrogen-bond donors (Lipinski definition) is 4. The van der Waals surface area contributed by atoms with Gasteiger partial charge in [-0.3, -0.25) is 14.2 Å². The molecular formula is C39H42Cl4N6O6S2. The van der Waals surface area contributed by atoms with Gasteiger partial charge in [0.15, 0.2) is 5.75 Å². The van der Waals surface area contributed by atoms with Crippen molar-refractivity contribution in [3.63, 3.8) is 0 Å². The van der Waals surface area contributed by atoms with E-state index in [9.17, 15) is 32.0 Å². The van der Waals surface area contributed by atoms with Crippen LogP contribution in [-0.2, 0) is 24.8 Å². The smallest absolute Gasteiger partial charge is 0.265 e. The summed E-state index contributed by atoms with van der Waals surface area (Å²) in [5, 5.41) is 22.3. The Morgan fingerprint density at radius 2 is 1.30 bits per heavy atom. The highest BCUT2D eigenvalue weighted by atomic mass is 35.5. The molecule has 6 rings (SSSR count). The Morgan fingerprint density at radius 3 is 1.91 bits per heavy atom. The van der Waals surface area contributed by atoms with Gasteiger partial charge in [-0.15, -0.1) is 0 Å². The number of amides is 1. The molecule has 4 N–H and O–H groups in total. The van der Waals surface area contributed by atoms with E-state index in [0.29, 0.717) is 11.4 Å². The van der Waals surface area contributed by atoms with Crippen LogP contribution in [0.15, 0.2) is 58.3 Å². The molecule has 57 heavy (non-hydrogen) atoms. The summed E-state index contributed by atoms with van der Waals surface area (Å²) >= 11 is 23.9. The minimum Gasteiger partial charge on any atom is -0.505 e. The minimum absolute atomic E-state index is 0.00301. The summed E-state index contributed by atoms with van der Waals surface area (Å²) in [6.45, 7) is 10.6. The van der Waals surface area contributed by atoms with Gasteiger partial charge in [0.2, 0.25) is 5.91 Å². The molecule has 4 aromatic rings. The van der Waals surface area contributed by atoms with Crippen LogP contribution in [0.25, 0.3) is 0 Å². The number of piperidine rings is 1. The number of carbonyl (C=O) groups excluding carboxylic acids is 1. The number of carbonyl (C=O) groups is 1. The predicted octanol–water partition coefficient (Wildman–Crippen LogP) is 9.64. The molecule has 2 heterocycles. The second-order valence-corrected chi connectivity index (χ2v) is 18.8. The third-order valence-electron chi connectivity index (χ3n) is 9.58. The van der Waals surface area contributed by atoms with Gasteiger partial charge in [-0.05, 0) is 106 Å². The lowest BCUT2D eigenvalue weighted by molar-refractivity contribution is -0.114. The SMILES string of the molecule is CC(=O)Nc1c(Cl)cc(Cl)cc1S(=O)(=O)Nc1c(C)cc(C)c(N2CCCC2)c1C.N#Cc1c(NS(=O)(=O)c2cc(Cl)cc(Cl)c2O)cccc1N1CCCCC1. The summed E-state index contributed by atoms with van der Waals surface area (Å²) in [6, 6.07) is 14.1. The first-order chi connectivity index (χ1) is 26.8. The third-order valence-corrected chi connectivity index (χ3v) is 13.4. The maximum Gasteiger partial charge on any atom is 0.265 e. The highest BCUT2D eigenvalue weighted by Gasteiger charge is 2.28. The van der Waals surface area contributed by atoms with E-state index in [-0.39, 0.29) is 41.9 Å². The van der Waals surface area contributed by atoms with Gasteiger partial charge in [0.25, 0.3) is 20.0 Å². The molecule has 1 amide bonds. The topological polar surface area (TPSA) is 172 Å². The number of aryl methyl sites for hydroxylation is 2. The summed E-state index contributed by atoms with van der Waals surface area (Å²) in [4.78, 5) is 15.3. The molecule has 2 fully saturated rings. The van der Waals surface area contributed by atoms with Crippen LogP contribution in [0.4, 0.5) is 28.4 Å². The number of nitrogens with zero attached hydrogens (tertiary/aromatic N) is 3. The first-order valence-electron chi connectivity index (χ1n) is 18.0. The minimum atomic E-state index is -4.21. The Bertz CT molecular complexity index is 2470. The molecule has 304 valence electrons. The number of halogens is 4. The highest BCUT2D eigenvalue weighted by molar-refractivity contribution is 7.93. The van der Waals surface area contributed by atoms with E-state index in [0.717, 1.165) is 86.7 Å². The van der Waals surface area contributed by atoms with E-state index < -0.39 is 36.6 Å². The zero-order valence-electron chi connectivity index (χ0n) is 31.6. The van der Waals surface area contributed by atoms with Crippen molar-refractivity contribution < 1.29 is 26.7 Å². The molecule has 0 spiro atoms. The molecule has 0 aromatic heterocycles. The number of anilines is 5. The molecule has 18 heteroatoms. The normalized spacial score (nSPS) is 14.4. The van der Waals surface area contributed by atoms with E-state index >= 15 is 0 Å². The average Bonchev–Trinajstić information content (AvgIpc) is 3.67. The van der Waals surface area contributed by atoms with Crippen molar-refractivity contribution in [1.29, 1.82) is 5.26 Å². The van der Waals surface area contributed by atoms with Crippen LogP contribution < -0.4 is 24.6 Å². The van der Waals surface area contributed by atoms with E-state index in [2.05, 4.69) is 30.6 Å². The van der Waals surface area contributed by atoms with Gasteiger partial charge in [0.1, 0.15) is 15.9 Å². The van der Waals surface area contributed by atoms with Crippen molar-refractivity contribution in [3.05, 3.63) is 90.9 Å². The Labute approximate surface area is 353 Å². The molecule has 12 nitrogen and oxygen atoms in total. The third kappa shape index (κ3) is 10.1. The Kier molecular flexibility index (Phi) is 14.1. The van der Waals surface area contributed by atoms with Crippen molar-refractivity contribution >= 4 is 101 Å². The van der Waals surface area contributed by atoms with Crippen molar-refractivity contribution in [2.45, 2.75) is 69.6 Å². The number of phenolic OH excluding ortho intramolecular Hbond substituents is 1. The van der Waals surface area contributed by atoms with Crippen LogP contribution in [-0.4, -0.2) is 54.0 Å². The Hall–Kier alpha value is -4.10. The standard InChI is InChI=1S/C21H25Cl2N3O3S.C18H17Cl2N3O3S/c1-12-9-13(2)21(26-7-5-6-8-26)14(3)19(12)25-30(28,29)18-11-16(22)10-17(23)20(18)24-15(4)27;19-12-9-14(20)18(24)17(10-12)27(25,26)22-15-5-4-6-16(13(15)11-21)23-7-2-1-3-8-23/h9-11,25H,5-8H2,1-4H3,(H,24,27);4-6,9-10,22,24H,1-3,7-8H2. The average molecular weight is 897 g/mol. The number of nitriles is 1. The molecule has 2 aliphatic heterocycles. The Balaban J connectivity index is 0.000000219. The largest absolute Gasteiger partial charge is 0.505 e.